The first-order valence-electron chi connectivity index (χ1n) is 12.3. The standard InChI is InChI=1S/C28H34FN3O/c1-33-14-13-31(20-26-10-8-24-15-25(29)9-11-28(24)30-26)18-21-5-4-12-32(19-21)27-16-22-6-2-3-7-23(22)17-27/h2-3,6-11,15,21,27H,4-5,12-14,16-20H2,1H3. The van der Waals surface area contributed by atoms with E-state index >= 15 is 0 Å². The van der Waals surface area contributed by atoms with E-state index in [0.29, 0.717) is 18.6 Å². The van der Waals surface area contributed by atoms with Gasteiger partial charge in [-0.3, -0.25) is 14.8 Å². The van der Waals surface area contributed by atoms with E-state index in [1.54, 1.807) is 19.2 Å². The number of fused-ring (bicyclic) bond motifs is 2. The van der Waals surface area contributed by atoms with Crippen LogP contribution in [-0.4, -0.2) is 60.7 Å². The van der Waals surface area contributed by atoms with Crippen molar-refractivity contribution in [3.05, 3.63) is 77.2 Å². The number of benzene rings is 2. The molecule has 33 heavy (non-hydrogen) atoms. The molecular weight excluding hydrogens is 413 g/mol. The number of aromatic nitrogens is 1. The Kier molecular flexibility index (Phi) is 7.00. The normalized spacial score (nSPS) is 19.4. The number of methoxy groups -OCH3 is 1. The highest BCUT2D eigenvalue weighted by Gasteiger charge is 2.31. The smallest absolute Gasteiger partial charge is 0.123 e. The van der Waals surface area contributed by atoms with Crippen molar-refractivity contribution >= 4 is 10.9 Å². The molecule has 0 bridgehead atoms. The predicted octanol–water partition coefficient (Wildman–Crippen LogP) is 4.70. The number of hydrogen-bond acceptors (Lipinski definition) is 4. The van der Waals surface area contributed by atoms with Crippen molar-refractivity contribution in [1.29, 1.82) is 0 Å². The van der Waals surface area contributed by atoms with Crippen LogP contribution in [0.4, 0.5) is 4.39 Å². The largest absolute Gasteiger partial charge is 0.383 e. The second-order valence-electron chi connectivity index (χ2n) is 9.70. The number of pyridine rings is 1. The molecule has 174 valence electrons. The second kappa shape index (κ2) is 10.3. The summed E-state index contributed by atoms with van der Waals surface area (Å²) in [6.45, 7) is 5.85. The summed E-state index contributed by atoms with van der Waals surface area (Å²) < 4.78 is 18.9. The van der Waals surface area contributed by atoms with Crippen molar-refractivity contribution in [3.8, 4) is 0 Å². The van der Waals surface area contributed by atoms with Gasteiger partial charge in [0.15, 0.2) is 0 Å². The van der Waals surface area contributed by atoms with Gasteiger partial charge in [0.25, 0.3) is 0 Å². The molecule has 2 aliphatic rings. The minimum absolute atomic E-state index is 0.217. The lowest BCUT2D eigenvalue weighted by Crippen LogP contribution is -2.46. The van der Waals surface area contributed by atoms with E-state index in [0.717, 1.165) is 36.2 Å². The van der Waals surface area contributed by atoms with E-state index in [2.05, 4.69) is 34.1 Å². The Labute approximate surface area is 196 Å². The van der Waals surface area contributed by atoms with Crippen molar-refractivity contribution in [3.63, 3.8) is 0 Å². The average Bonchev–Trinajstić information content (AvgIpc) is 3.27. The van der Waals surface area contributed by atoms with Gasteiger partial charge in [-0.05, 0) is 73.5 Å². The number of hydrogen-bond donors (Lipinski definition) is 0. The summed E-state index contributed by atoms with van der Waals surface area (Å²) in [6.07, 6.45) is 4.94. The summed E-state index contributed by atoms with van der Waals surface area (Å²) in [5.41, 5.74) is 4.96. The van der Waals surface area contributed by atoms with Crippen LogP contribution in [0.1, 0.15) is 29.7 Å². The van der Waals surface area contributed by atoms with E-state index in [1.807, 2.05) is 12.1 Å². The zero-order chi connectivity index (χ0) is 22.6. The highest BCUT2D eigenvalue weighted by molar-refractivity contribution is 5.78. The van der Waals surface area contributed by atoms with Crippen LogP contribution in [0, 0.1) is 11.7 Å². The van der Waals surface area contributed by atoms with E-state index in [9.17, 15) is 4.39 Å². The van der Waals surface area contributed by atoms with Gasteiger partial charge in [-0.2, -0.15) is 0 Å². The molecule has 2 heterocycles. The van der Waals surface area contributed by atoms with Crippen molar-refractivity contribution in [2.24, 2.45) is 5.92 Å². The average molecular weight is 448 g/mol. The fraction of sp³-hybridized carbons (Fsp3) is 0.464. The van der Waals surface area contributed by atoms with Crippen molar-refractivity contribution in [1.82, 2.24) is 14.8 Å². The first-order valence-corrected chi connectivity index (χ1v) is 12.3. The molecule has 0 saturated carbocycles. The molecular formula is C28H34FN3O. The van der Waals surface area contributed by atoms with Crippen LogP contribution < -0.4 is 0 Å². The van der Waals surface area contributed by atoms with Crippen LogP contribution >= 0.6 is 0 Å². The molecule has 1 unspecified atom stereocenters. The topological polar surface area (TPSA) is 28.6 Å². The fourth-order valence-electron chi connectivity index (χ4n) is 5.65. The van der Waals surface area contributed by atoms with Crippen LogP contribution in [0.25, 0.3) is 10.9 Å². The Balaban J connectivity index is 1.23. The van der Waals surface area contributed by atoms with Crippen LogP contribution in [-0.2, 0) is 24.1 Å². The molecule has 5 rings (SSSR count). The molecule has 1 aliphatic heterocycles. The summed E-state index contributed by atoms with van der Waals surface area (Å²) in [6, 6.07) is 18.4. The number of rotatable bonds is 8. The summed E-state index contributed by atoms with van der Waals surface area (Å²) in [5, 5.41) is 0.850. The van der Waals surface area contributed by atoms with Gasteiger partial charge >= 0.3 is 0 Å². The third kappa shape index (κ3) is 5.43. The zero-order valence-corrected chi connectivity index (χ0v) is 19.5. The number of halogens is 1. The Morgan fingerprint density at radius 1 is 1.09 bits per heavy atom. The minimum Gasteiger partial charge on any atom is -0.383 e. The summed E-state index contributed by atoms with van der Waals surface area (Å²) in [5.74, 6) is 0.444. The van der Waals surface area contributed by atoms with Crippen molar-refractivity contribution in [2.45, 2.75) is 38.3 Å². The monoisotopic (exact) mass is 447 g/mol. The highest BCUT2D eigenvalue weighted by Crippen LogP contribution is 2.29. The number of ether oxygens (including phenoxy) is 1. The molecule has 4 nitrogen and oxygen atoms in total. The van der Waals surface area contributed by atoms with Crippen LogP contribution in [0.5, 0.6) is 0 Å². The number of nitrogens with zero attached hydrogens (tertiary/aromatic N) is 3. The van der Waals surface area contributed by atoms with Gasteiger partial charge in [-0.15, -0.1) is 0 Å². The van der Waals surface area contributed by atoms with Crippen molar-refractivity contribution < 1.29 is 9.13 Å². The fourth-order valence-corrected chi connectivity index (χ4v) is 5.65. The van der Waals surface area contributed by atoms with Crippen molar-refractivity contribution in [2.75, 3.05) is 39.9 Å². The molecule has 1 aromatic heterocycles. The van der Waals surface area contributed by atoms with E-state index in [-0.39, 0.29) is 5.82 Å². The third-order valence-electron chi connectivity index (χ3n) is 7.32. The first kappa shape index (κ1) is 22.5. The quantitative estimate of drug-likeness (QED) is 0.500. The zero-order valence-electron chi connectivity index (χ0n) is 19.5. The lowest BCUT2D eigenvalue weighted by molar-refractivity contribution is 0.0839. The lowest BCUT2D eigenvalue weighted by Gasteiger charge is -2.38. The molecule has 0 spiro atoms. The van der Waals surface area contributed by atoms with Gasteiger partial charge in [0, 0.05) is 44.7 Å². The summed E-state index contributed by atoms with van der Waals surface area (Å²) >= 11 is 0. The molecule has 1 saturated heterocycles. The molecule has 3 aromatic rings. The van der Waals surface area contributed by atoms with Gasteiger partial charge in [0.05, 0.1) is 17.8 Å². The molecule has 2 aromatic carbocycles. The first-order chi connectivity index (χ1) is 16.2. The summed E-state index contributed by atoms with van der Waals surface area (Å²) in [4.78, 5) is 10.0. The van der Waals surface area contributed by atoms with E-state index in [4.69, 9.17) is 9.72 Å². The molecule has 0 amide bonds. The van der Waals surface area contributed by atoms with Crippen LogP contribution in [0.2, 0.25) is 0 Å². The van der Waals surface area contributed by atoms with E-state index in [1.165, 1.54) is 56.0 Å². The van der Waals surface area contributed by atoms with E-state index < -0.39 is 0 Å². The predicted molar refractivity (Wildman–Crippen MR) is 131 cm³/mol. The number of piperidine rings is 1. The maximum absolute atomic E-state index is 13.5. The van der Waals surface area contributed by atoms with Gasteiger partial charge in [-0.25, -0.2) is 4.39 Å². The third-order valence-corrected chi connectivity index (χ3v) is 7.32. The molecule has 1 aliphatic carbocycles. The maximum atomic E-state index is 13.5. The van der Waals surface area contributed by atoms with Gasteiger partial charge in [0.1, 0.15) is 5.82 Å². The molecule has 1 fully saturated rings. The Morgan fingerprint density at radius 3 is 2.70 bits per heavy atom. The Hall–Kier alpha value is -2.34. The van der Waals surface area contributed by atoms with Crippen LogP contribution in [0.3, 0.4) is 0 Å². The highest BCUT2D eigenvalue weighted by atomic mass is 19.1. The van der Waals surface area contributed by atoms with Gasteiger partial charge in [-0.1, -0.05) is 30.3 Å². The van der Waals surface area contributed by atoms with Gasteiger partial charge in [0.2, 0.25) is 0 Å². The molecule has 1 atom stereocenters. The Bertz CT molecular complexity index is 1060. The molecule has 0 N–H and O–H groups in total. The number of likely N-dealkylation sites (tertiary alicyclic amines) is 1. The van der Waals surface area contributed by atoms with Gasteiger partial charge < -0.3 is 4.74 Å². The second-order valence-corrected chi connectivity index (χ2v) is 9.70. The maximum Gasteiger partial charge on any atom is 0.123 e. The minimum atomic E-state index is -0.217. The summed E-state index contributed by atoms with van der Waals surface area (Å²) in [7, 11) is 1.76. The Morgan fingerprint density at radius 2 is 1.91 bits per heavy atom. The molecule has 0 radical (unpaired) electrons. The SMILES string of the molecule is COCCN(Cc1ccc2cc(F)ccc2n1)CC1CCCN(C2Cc3ccccc3C2)C1. The van der Waals surface area contributed by atoms with Crippen LogP contribution in [0.15, 0.2) is 54.6 Å². The molecule has 5 heteroatoms. The lowest BCUT2D eigenvalue weighted by atomic mass is 9.95.